The predicted octanol–water partition coefficient (Wildman–Crippen LogP) is 3.32. The van der Waals surface area contributed by atoms with E-state index in [-0.39, 0.29) is 6.42 Å². The number of carboxylic acid groups (broad SMARTS) is 1. The number of nitrogens with two attached hydrogens (primary N) is 1. The van der Waals surface area contributed by atoms with E-state index in [2.05, 4.69) is 34.6 Å². The summed E-state index contributed by atoms with van der Waals surface area (Å²) < 4.78 is 7.81. The quantitative estimate of drug-likeness (QED) is 0.430. The summed E-state index contributed by atoms with van der Waals surface area (Å²) >= 11 is 0. The predicted molar refractivity (Wildman–Crippen MR) is 115 cm³/mol. The number of aryl methyl sites for hydroxylation is 1. The van der Waals surface area contributed by atoms with Gasteiger partial charge < -0.3 is 15.6 Å². The molecule has 0 radical (unpaired) electrons. The number of ether oxygens (including phenoxy) is 1. The topological polar surface area (TPSA) is 116 Å². The van der Waals surface area contributed by atoms with Gasteiger partial charge in [0.25, 0.3) is 0 Å². The molecule has 0 aliphatic heterocycles. The summed E-state index contributed by atoms with van der Waals surface area (Å²) in [5.74, 6) is -0.145. The Kier molecular flexibility index (Phi) is 5.99. The number of nitrogen functional groups attached to an aromatic ring is 1. The zero-order chi connectivity index (χ0) is 21.2. The Morgan fingerprint density at radius 1 is 1.28 bits per heavy atom. The fourth-order valence-electron chi connectivity index (χ4n) is 2.91. The number of hydrogen-bond donors (Lipinski definition) is 2. The smallest absolute Gasteiger partial charge is 0.309 e. The zero-order valence-corrected chi connectivity index (χ0v) is 18.3. The first-order chi connectivity index (χ1) is 13.6. The molecule has 0 atom stereocenters. The first-order valence-electron chi connectivity index (χ1n) is 9.52. The molecule has 0 saturated carbocycles. The van der Waals surface area contributed by atoms with Gasteiger partial charge in [0.1, 0.15) is 18.1 Å². The van der Waals surface area contributed by atoms with Crippen LogP contribution in [0.2, 0.25) is 25.7 Å². The van der Waals surface area contributed by atoms with Crippen molar-refractivity contribution in [3.63, 3.8) is 0 Å². The van der Waals surface area contributed by atoms with Crippen LogP contribution < -0.4 is 5.73 Å². The number of imidazole rings is 1. The van der Waals surface area contributed by atoms with Gasteiger partial charge in [0.15, 0.2) is 5.65 Å². The SMILES string of the molecule is Cc1nc2cc(-c3ccc(N)c(CC(=O)O)n3)cnc2n1COCC[Si](C)(C)C. The molecule has 3 rings (SSSR count). The maximum Gasteiger partial charge on any atom is 0.309 e. The number of aromatic nitrogens is 4. The molecule has 0 spiro atoms. The summed E-state index contributed by atoms with van der Waals surface area (Å²) in [6.07, 6.45) is 1.49. The molecule has 0 saturated heterocycles. The van der Waals surface area contributed by atoms with E-state index in [0.29, 0.717) is 23.8 Å². The van der Waals surface area contributed by atoms with E-state index < -0.39 is 14.0 Å². The Balaban J connectivity index is 1.84. The highest BCUT2D eigenvalue weighted by molar-refractivity contribution is 6.76. The summed E-state index contributed by atoms with van der Waals surface area (Å²) in [5.41, 5.74) is 9.41. The lowest BCUT2D eigenvalue weighted by Crippen LogP contribution is -2.22. The number of pyridine rings is 2. The van der Waals surface area contributed by atoms with Gasteiger partial charge in [-0.25, -0.2) is 9.97 Å². The number of carbonyl (C=O) groups is 1. The Morgan fingerprint density at radius 3 is 2.72 bits per heavy atom. The molecule has 3 aromatic rings. The van der Waals surface area contributed by atoms with E-state index in [4.69, 9.17) is 15.6 Å². The number of fused-ring (bicyclic) bond motifs is 1. The van der Waals surface area contributed by atoms with Crippen molar-refractivity contribution in [2.24, 2.45) is 0 Å². The van der Waals surface area contributed by atoms with Crippen LogP contribution in [0.3, 0.4) is 0 Å². The van der Waals surface area contributed by atoms with Gasteiger partial charge in [-0.1, -0.05) is 19.6 Å². The molecule has 3 N–H and O–H groups in total. The van der Waals surface area contributed by atoms with Crippen molar-refractivity contribution in [3.05, 3.63) is 35.9 Å². The number of nitrogens with zero attached hydrogens (tertiary/aromatic N) is 4. The van der Waals surface area contributed by atoms with Crippen LogP contribution >= 0.6 is 0 Å². The van der Waals surface area contributed by atoms with Crippen LogP contribution in [0.4, 0.5) is 5.69 Å². The van der Waals surface area contributed by atoms with Crippen LogP contribution in [0.25, 0.3) is 22.4 Å². The summed E-state index contributed by atoms with van der Waals surface area (Å²) in [5, 5.41) is 9.03. The fourth-order valence-corrected chi connectivity index (χ4v) is 3.67. The average Bonchev–Trinajstić information content (AvgIpc) is 2.94. The summed E-state index contributed by atoms with van der Waals surface area (Å²) in [7, 11) is -1.13. The minimum absolute atomic E-state index is 0.224. The zero-order valence-electron chi connectivity index (χ0n) is 17.3. The molecular formula is C20H27N5O3Si. The molecule has 0 aromatic carbocycles. The van der Waals surface area contributed by atoms with Crippen molar-refractivity contribution >= 4 is 30.9 Å². The van der Waals surface area contributed by atoms with E-state index in [0.717, 1.165) is 35.2 Å². The molecule has 8 nitrogen and oxygen atoms in total. The molecule has 0 unspecified atom stereocenters. The maximum absolute atomic E-state index is 11.0. The monoisotopic (exact) mass is 413 g/mol. The Bertz CT molecular complexity index is 1040. The third-order valence-electron chi connectivity index (χ3n) is 4.62. The highest BCUT2D eigenvalue weighted by atomic mass is 28.3. The number of carboxylic acids is 1. The summed E-state index contributed by atoms with van der Waals surface area (Å²) in [6, 6.07) is 6.43. The second-order valence-electron chi connectivity index (χ2n) is 8.30. The van der Waals surface area contributed by atoms with Crippen molar-refractivity contribution in [2.75, 3.05) is 12.3 Å². The third-order valence-corrected chi connectivity index (χ3v) is 6.32. The lowest BCUT2D eigenvalue weighted by atomic mass is 10.1. The largest absolute Gasteiger partial charge is 0.481 e. The second kappa shape index (κ2) is 8.30. The lowest BCUT2D eigenvalue weighted by Gasteiger charge is -2.15. The van der Waals surface area contributed by atoms with Crippen LogP contribution in [0.5, 0.6) is 0 Å². The standard InChI is InChI=1S/C20H27N5O3Si/c1-13-23-18-9-14(16-6-5-15(21)17(24-16)10-19(26)27)11-22-20(18)25(13)12-28-7-8-29(2,3)4/h5-6,9,11H,7-8,10,12,21H2,1-4H3,(H,26,27). The van der Waals surface area contributed by atoms with Crippen LogP contribution in [-0.2, 0) is 22.7 Å². The minimum Gasteiger partial charge on any atom is -0.481 e. The molecule has 0 fully saturated rings. The minimum atomic E-state index is -1.13. The first-order valence-corrected chi connectivity index (χ1v) is 13.2. The molecule has 0 bridgehead atoms. The van der Waals surface area contributed by atoms with Crippen LogP contribution in [-0.4, -0.2) is 45.3 Å². The van der Waals surface area contributed by atoms with Gasteiger partial charge in [-0.15, -0.1) is 0 Å². The third kappa shape index (κ3) is 5.18. The molecule has 0 aliphatic rings. The fraction of sp³-hybridized carbons (Fsp3) is 0.400. The molecule has 29 heavy (non-hydrogen) atoms. The maximum atomic E-state index is 11.0. The van der Waals surface area contributed by atoms with Crippen molar-refractivity contribution in [1.82, 2.24) is 19.5 Å². The Morgan fingerprint density at radius 2 is 2.03 bits per heavy atom. The van der Waals surface area contributed by atoms with Crippen LogP contribution in [0.1, 0.15) is 11.5 Å². The van der Waals surface area contributed by atoms with E-state index in [1.54, 1.807) is 18.3 Å². The van der Waals surface area contributed by atoms with Gasteiger partial charge in [-0.3, -0.25) is 14.3 Å². The van der Waals surface area contributed by atoms with Gasteiger partial charge in [0.05, 0.1) is 23.5 Å². The lowest BCUT2D eigenvalue weighted by molar-refractivity contribution is -0.136. The molecule has 0 amide bonds. The van der Waals surface area contributed by atoms with Crippen molar-refractivity contribution < 1.29 is 14.6 Å². The molecule has 0 aliphatic carbocycles. The summed E-state index contributed by atoms with van der Waals surface area (Å²) in [4.78, 5) is 24.6. The first kappa shape index (κ1) is 20.9. The summed E-state index contributed by atoms with van der Waals surface area (Å²) in [6.45, 7) is 10.0. The Hall–Kier alpha value is -2.78. The van der Waals surface area contributed by atoms with Gasteiger partial charge in [-0.2, -0.15) is 0 Å². The van der Waals surface area contributed by atoms with Gasteiger partial charge in [-0.05, 0) is 31.2 Å². The molecule has 3 aromatic heterocycles. The van der Waals surface area contributed by atoms with E-state index in [1.807, 2.05) is 17.6 Å². The van der Waals surface area contributed by atoms with Crippen molar-refractivity contribution in [1.29, 1.82) is 0 Å². The molecule has 3 heterocycles. The van der Waals surface area contributed by atoms with Crippen LogP contribution in [0.15, 0.2) is 24.4 Å². The van der Waals surface area contributed by atoms with Crippen molar-refractivity contribution in [2.45, 2.75) is 45.8 Å². The van der Waals surface area contributed by atoms with E-state index in [9.17, 15) is 4.79 Å². The average molecular weight is 414 g/mol. The molecule has 9 heteroatoms. The highest BCUT2D eigenvalue weighted by Crippen LogP contribution is 2.24. The molecular weight excluding hydrogens is 386 g/mol. The van der Waals surface area contributed by atoms with Gasteiger partial charge in [0, 0.05) is 26.4 Å². The number of aliphatic carboxylic acids is 1. The number of hydrogen-bond acceptors (Lipinski definition) is 6. The van der Waals surface area contributed by atoms with Gasteiger partial charge >= 0.3 is 5.97 Å². The molecule has 154 valence electrons. The Labute approximate surface area is 170 Å². The van der Waals surface area contributed by atoms with E-state index >= 15 is 0 Å². The number of anilines is 1. The van der Waals surface area contributed by atoms with Crippen LogP contribution in [0, 0.1) is 6.92 Å². The highest BCUT2D eigenvalue weighted by Gasteiger charge is 2.15. The second-order valence-corrected chi connectivity index (χ2v) is 13.9. The normalized spacial score (nSPS) is 11.9. The van der Waals surface area contributed by atoms with Gasteiger partial charge in [0.2, 0.25) is 0 Å². The van der Waals surface area contributed by atoms with E-state index in [1.165, 1.54) is 0 Å². The number of rotatable bonds is 8. The van der Waals surface area contributed by atoms with Crippen molar-refractivity contribution in [3.8, 4) is 11.3 Å².